The first-order chi connectivity index (χ1) is 13.4. The van der Waals surface area contributed by atoms with Gasteiger partial charge in [0.25, 0.3) is 0 Å². The molecule has 0 heterocycles. The van der Waals surface area contributed by atoms with Crippen molar-refractivity contribution in [1.29, 1.82) is 0 Å². The number of rotatable bonds is 8. The monoisotopic (exact) mass is 403 g/mol. The standard InChI is InChI=1S/C20H18FNO5S/c1-2-27-20(26)14-5-9-16(10-6-14)22-18(23)12-28-17(19(24)25)11-13-3-7-15(21)8-4-13/h3-11H,2,12H2,1H3,(H,22,23)(H,24,25)/b17-11+. The lowest BCUT2D eigenvalue weighted by Gasteiger charge is -2.07. The fraction of sp³-hybridized carbons (Fsp3) is 0.150. The van der Waals surface area contributed by atoms with E-state index in [4.69, 9.17) is 4.74 Å². The number of amides is 1. The SMILES string of the molecule is CCOC(=O)c1ccc(NC(=O)CS/C(=C/c2ccc(F)cc2)C(=O)O)cc1. The summed E-state index contributed by atoms with van der Waals surface area (Å²) in [6, 6.07) is 11.5. The summed E-state index contributed by atoms with van der Waals surface area (Å²) in [4.78, 5) is 35.0. The molecule has 2 rings (SSSR count). The number of hydrogen-bond donors (Lipinski definition) is 2. The molecule has 0 atom stereocenters. The zero-order chi connectivity index (χ0) is 20.5. The Morgan fingerprint density at radius 1 is 1.11 bits per heavy atom. The third-order valence-electron chi connectivity index (χ3n) is 3.42. The Labute approximate surface area is 165 Å². The number of hydrogen-bond acceptors (Lipinski definition) is 5. The Balaban J connectivity index is 1.95. The number of carbonyl (C=O) groups excluding carboxylic acids is 2. The smallest absolute Gasteiger partial charge is 0.342 e. The Morgan fingerprint density at radius 3 is 2.32 bits per heavy atom. The van der Waals surface area contributed by atoms with Crippen LogP contribution in [0.15, 0.2) is 53.4 Å². The number of carbonyl (C=O) groups is 3. The fourth-order valence-corrected chi connectivity index (χ4v) is 2.82. The lowest BCUT2D eigenvalue weighted by Crippen LogP contribution is -2.15. The Morgan fingerprint density at radius 2 is 1.75 bits per heavy atom. The minimum absolute atomic E-state index is 0.0422. The van der Waals surface area contributed by atoms with Gasteiger partial charge in [-0.2, -0.15) is 0 Å². The number of halogens is 1. The summed E-state index contributed by atoms with van der Waals surface area (Å²) >= 11 is 0.852. The molecule has 0 aromatic heterocycles. The van der Waals surface area contributed by atoms with Crippen molar-refractivity contribution in [3.8, 4) is 0 Å². The topological polar surface area (TPSA) is 92.7 Å². The predicted octanol–water partition coefficient (Wildman–Crippen LogP) is 3.80. The molecule has 2 aromatic carbocycles. The molecule has 0 bridgehead atoms. The maximum absolute atomic E-state index is 12.9. The van der Waals surface area contributed by atoms with E-state index in [1.54, 1.807) is 19.1 Å². The van der Waals surface area contributed by atoms with Crippen LogP contribution in [-0.4, -0.2) is 35.3 Å². The summed E-state index contributed by atoms with van der Waals surface area (Å²) in [5, 5.41) is 11.9. The lowest BCUT2D eigenvalue weighted by atomic mass is 10.2. The Hall–Kier alpha value is -3.13. The van der Waals surface area contributed by atoms with Crippen LogP contribution in [0.25, 0.3) is 6.08 Å². The number of ether oxygens (including phenoxy) is 1. The van der Waals surface area contributed by atoms with Crippen LogP contribution in [0.2, 0.25) is 0 Å². The third-order valence-corrected chi connectivity index (χ3v) is 4.43. The van der Waals surface area contributed by atoms with E-state index < -0.39 is 23.7 Å². The fourth-order valence-electron chi connectivity index (χ4n) is 2.12. The maximum Gasteiger partial charge on any atom is 0.342 e. The zero-order valence-electron chi connectivity index (χ0n) is 15.0. The Bertz CT molecular complexity index is 878. The van der Waals surface area contributed by atoms with Gasteiger partial charge < -0.3 is 15.2 Å². The van der Waals surface area contributed by atoms with E-state index >= 15 is 0 Å². The van der Waals surface area contributed by atoms with Crippen LogP contribution in [-0.2, 0) is 14.3 Å². The first kappa shape index (κ1) is 21.2. The summed E-state index contributed by atoms with van der Waals surface area (Å²) in [6.45, 7) is 1.98. The third kappa shape index (κ3) is 6.55. The lowest BCUT2D eigenvalue weighted by molar-refractivity contribution is -0.131. The van der Waals surface area contributed by atoms with Crippen LogP contribution in [0.4, 0.5) is 10.1 Å². The summed E-state index contributed by atoms with van der Waals surface area (Å²) in [6.07, 6.45) is 1.37. The zero-order valence-corrected chi connectivity index (χ0v) is 15.8. The van der Waals surface area contributed by atoms with Gasteiger partial charge in [-0.1, -0.05) is 12.1 Å². The van der Waals surface area contributed by atoms with Crippen molar-refractivity contribution in [3.63, 3.8) is 0 Å². The molecule has 0 spiro atoms. The van der Waals surface area contributed by atoms with Gasteiger partial charge in [0, 0.05) is 5.69 Å². The Kier molecular flexibility index (Phi) is 7.76. The van der Waals surface area contributed by atoms with E-state index in [2.05, 4.69) is 5.32 Å². The number of anilines is 1. The molecular weight excluding hydrogens is 385 g/mol. The van der Waals surface area contributed by atoms with Crippen LogP contribution in [0.1, 0.15) is 22.8 Å². The van der Waals surface area contributed by atoms with Crippen LogP contribution >= 0.6 is 11.8 Å². The van der Waals surface area contributed by atoms with Gasteiger partial charge in [-0.25, -0.2) is 14.0 Å². The van der Waals surface area contributed by atoms with E-state index in [-0.39, 0.29) is 17.3 Å². The normalized spacial score (nSPS) is 11.0. The average Bonchev–Trinajstić information content (AvgIpc) is 2.67. The van der Waals surface area contributed by atoms with Gasteiger partial charge in [0.05, 0.1) is 22.8 Å². The molecule has 0 saturated heterocycles. The second-order valence-electron chi connectivity index (χ2n) is 5.50. The first-order valence-corrected chi connectivity index (χ1v) is 9.28. The molecule has 6 nitrogen and oxygen atoms in total. The number of esters is 1. The predicted molar refractivity (Wildman–Crippen MR) is 105 cm³/mol. The van der Waals surface area contributed by atoms with Crippen LogP contribution < -0.4 is 5.32 Å². The van der Waals surface area contributed by atoms with Gasteiger partial charge in [0.1, 0.15) is 5.82 Å². The van der Waals surface area contributed by atoms with Crippen molar-refractivity contribution >= 4 is 41.4 Å². The van der Waals surface area contributed by atoms with Crippen molar-refractivity contribution in [1.82, 2.24) is 0 Å². The highest BCUT2D eigenvalue weighted by Crippen LogP contribution is 2.20. The van der Waals surface area contributed by atoms with Crippen molar-refractivity contribution in [2.45, 2.75) is 6.92 Å². The molecule has 0 unspecified atom stereocenters. The highest BCUT2D eigenvalue weighted by molar-refractivity contribution is 8.04. The molecule has 146 valence electrons. The van der Waals surface area contributed by atoms with Crippen LogP contribution in [0.5, 0.6) is 0 Å². The molecule has 0 saturated carbocycles. The number of carboxylic acids is 1. The van der Waals surface area contributed by atoms with E-state index in [0.29, 0.717) is 16.8 Å². The highest BCUT2D eigenvalue weighted by atomic mass is 32.2. The van der Waals surface area contributed by atoms with Crippen molar-refractivity contribution < 1.29 is 28.6 Å². The number of nitrogens with one attached hydrogen (secondary N) is 1. The second kappa shape index (κ2) is 10.3. The van der Waals surface area contributed by atoms with E-state index in [1.165, 1.54) is 42.5 Å². The van der Waals surface area contributed by atoms with Crippen LogP contribution in [0.3, 0.4) is 0 Å². The molecule has 1 amide bonds. The molecule has 2 aromatic rings. The molecule has 0 fully saturated rings. The molecule has 8 heteroatoms. The average molecular weight is 403 g/mol. The minimum Gasteiger partial charge on any atom is -0.477 e. The van der Waals surface area contributed by atoms with Gasteiger partial charge in [-0.15, -0.1) is 11.8 Å². The molecular formula is C20H18FNO5S. The summed E-state index contributed by atoms with van der Waals surface area (Å²) in [7, 11) is 0. The van der Waals surface area contributed by atoms with Crippen molar-refractivity contribution in [3.05, 3.63) is 70.4 Å². The number of thioether (sulfide) groups is 1. The van der Waals surface area contributed by atoms with Gasteiger partial charge in [-0.05, 0) is 55.0 Å². The largest absolute Gasteiger partial charge is 0.477 e. The first-order valence-electron chi connectivity index (χ1n) is 8.29. The van der Waals surface area contributed by atoms with Gasteiger partial charge in [0.2, 0.25) is 5.91 Å². The molecule has 0 aliphatic heterocycles. The highest BCUT2D eigenvalue weighted by Gasteiger charge is 2.12. The molecule has 0 radical (unpaired) electrons. The quantitative estimate of drug-likeness (QED) is 0.514. The molecule has 2 N–H and O–H groups in total. The maximum atomic E-state index is 12.9. The van der Waals surface area contributed by atoms with E-state index in [1.807, 2.05) is 0 Å². The van der Waals surface area contributed by atoms with E-state index in [9.17, 15) is 23.9 Å². The minimum atomic E-state index is -1.18. The molecule has 0 aliphatic rings. The van der Waals surface area contributed by atoms with Crippen molar-refractivity contribution in [2.24, 2.45) is 0 Å². The summed E-state index contributed by atoms with van der Waals surface area (Å²) in [5.74, 6) is -2.58. The van der Waals surface area contributed by atoms with Gasteiger partial charge >= 0.3 is 11.9 Å². The van der Waals surface area contributed by atoms with Gasteiger partial charge in [0.15, 0.2) is 0 Å². The molecule has 28 heavy (non-hydrogen) atoms. The number of carboxylic acid groups (broad SMARTS) is 1. The number of benzene rings is 2. The van der Waals surface area contributed by atoms with Crippen molar-refractivity contribution in [2.75, 3.05) is 17.7 Å². The van der Waals surface area contributed by atoms with Crippen LogP contribution in [0, 0.1) is 5.82 Å². The van der Waals surface area contributed by atoms with Gasteiger partial charge in [-0.3, -0.25) is 4.79 Å². The second-order valence-corrected chi connectivity index (χ2v) is 6.52. The summed E-state index contributed by atoms with van der Waals surface area (Å²) in [5.41, 5.74) is 1.35. The van der Waals surface area contributed by atoms with E-state index in [0.717, 1.165) is 11.8 Å². The summed E-state index contributed by atoms with van der Waals surface area (Å²) < 4.78 is 17.8. The molecule has 0 aliphatic carbocycles. The number of aliphatic carboxylic acids is 1.